The number of ether oxygens (including phenoxy) is 4. The van der Waals surface area contributed by atoms with Crippen LogP contribution in [0.4, 0.5) is 0 Å². The largest absolute Gasteiger partial charge is 0.459 e. The first-order valence-corrected chi connectivity index (χ1v) is 9.88. The van der Waals surface area contributed by atoms with E-state index in [9.17, 15) is 9.59 Å². The Morgan fingerprint density at radius 2 is 1.52 bits per heavy atom. The van der Waals surface area contributed by atoms with E-state index in [0.717, 1.165) is 0 Å². The van der Waals surface area contributed by atoms with E-state index in [4.69, 9.17) is 42.1 Å². The third kappa shape index (κ3) is 5.93. The van der Waals surface area contributed by atoms with Crippen molar-refractivity contribution in [3.05, 3.63) is 69.7 Å². The molecule has 2 aromatic carbocycles. The summed E-state index contributed by atoms with van der Waals surface area (Å²) in [5.41, 5.74) is 0.731. The van der Waals surface area contributed by atoms with E-state index >= 15 is 0 Å². The Labute approximate surface area is 178 Å². The van der Waals surface area contributed by atoms with Crippen LogP contribution in [0.2, 0.25) is 10.0 Å². The lowest BCUT2D eigenvalue weighted by Crippen LogP contribution is -2.32. The topological polar surface area (TPSA) is 71.1 Å². The molecule has 0 bridgehead atoms. The molecule has 0 saturated carbocycles. The van der Waals surface area contributed by atoms with Gasteiger partial charge in [-0.1, -0.05) is 23.2 Å². The van der Waals surface area contributed by atoms with Gasteiger partial charge < -0.3 is 18.9 Å². The minimum Gasteiger partial charge on any atom is -0.459 e. The quantitative estimate of drug-likeness (QED) is 0.591. The number of carbonyl (C=O) groups excluding carboxylic acids is 2. The minimum absolute atomic E-state index is 0.0798. The normalized spacial score (nSPS) is 21.0. The van der Waals surface area contributed by atoms with E-state index < -0.39 is 30.4 Å². The Balaban J connectivity index is 1.62. The highest BCUT2D eigenvalue weighted by Gasteiger charge is 2.39. The lowest BCUT2D eigenvalue weighted by molar-refractivity contribution is -0.141. The number of esters is 2. The molecule has 1 aliphatic rings. The van der Waals surface area contributed by atoms with Gasteiger partial charge in [-0.2, -0.15) is 0 Å². The molecule has 1 aliphatic heterocycles. The summed E-state index contributed by atoms with van der Waals surface area (Å²) in [6.45, 7) is 2.20. The highest BCUT2D eigenvalue weighted by molar-refractivity contribution is 6.30. The second-order valence-corrected chi connectivity index (χ2v) is 7.22. The summed E-state index contributed by atoms with van der Waals surface area (Å²) in [7, 11) is 0. The van der Waals surface area contributed by atoms with Crippen molar-refractivity contribution in [1.82, 2.24) is 0 Å². The van der Waals surface area contributed by atoms with Gasteiger partial charge >= 0.3 is 11.9 Å². The highest BCUT2D eigenvalue weighted by atomic mass is 35.5. The molecule has 8 heteroatoms. The van der Waals surface area contributed by atoms with Gasteiger partial charge in [-0.3, -0.25) is 0 Å². The Kier molecular flexibility index (Phi) is 7.50. The zero-order valence-electron chi connectivity index (χ0n) is 15.7. The van der Waals surface area contributed by atoms with E-state index in [-0.39, 0.29) is 6.61 Å². The third-order valence-corrected chi connectivity index (χ3v) is 4.82. The minimum atomic E-state index is -0.640. The van der Waals surface area contributed by atoms with Gasteiger partial charge in [-0.15, -0.1) is 0 Å². The zero-order chi connectivity index (χ0) is 20.8. The fraction of sp³-hybridized carbons (Fsp3) is 0.333. The van der Waals surface area contributed by atoms with Crippen molar-refractivity contribution in [2.24, 2.45) is 0 Å². The number of carbonyl (C=O) groups is 2. The first-order chi connectivity index (χ1) is 14.0. The Morgan fingerprint density at radius 3 is 2.07 bits per heavy atom. The summed E-state index contributed by atoms with van der Waals surface area (Å²) >= 11 is 11.7. The first kappa shape index (κ1) is 21.6. The van der Waals surface area contributed by atoms with Crippen molar-refractivity contribution in [2.75, 3.05) is 13.2 Å². The van der Waals surface area contributed by atoms with Crippen molar-refractivity contribution in [3.8, 4) is 0 Å². The SMILES string of the molecule is CCO[C@H]1C[C@H](OC(=O)c2ccc(Cl)cc2)[C@@H](COC(=O)c2ccc(Cl)cc2)O1. The number of benzene rings is 2. The van der Waals surface area contributed by atoms with Gasteiger partial charge in [0.2, 0.25) is 0 Å². The molecular weight excluding hydrogens is 419 g/mol. The van der Waals surface area contributed by atoms with Gasteiger partial charge in [0.15, 0.2) is 6.29 Å². The van der Waals surface area contributed by atoms with Crippen LogP contribution in [0.15, 0.2) is 48.5 Å². The Bertz CT molecular complexity index is 837. The maximum Gasteiger partial charge on any atom is 0.338 e. The van der Waals surface area contributed by atoms with Gasteiger partial charge in [0.05, 0.1) is 11.1 Å². The fourth-order valence-corrected chi connectivity index (χ4v) is 3.11. The summed E-state index contributed by atoms with van der Waals surface area (Å²) < 4.78 is 22.2. The second kappa shape index (κ2) is 10.1. The van der Waals surface area contributed by atoms with E-state index in [1.807, 2.05) is 6.92 Å². The molecule has 0 unspecified atom stereocenters. The predicted octanol–water partition coefficient (Wildman–Crippen LogP) is 4.53. The van der Waals surface area contributed by atoms with E-state index in [0.29, 0.717) is 34.2 Å². The van der Waals surface area contributed by atoms with Crippen LogP contribution in [0.3, 0.4) is 0 Å². The lowest BCUT2D eigenvalue weighted by atomic mass is 10.1. The number of rotatable bonds is 7. The molecule has 0 N–H and O–H groups in total. The predicted molar refractivity (Wildman–Crippen MR) is 107 cm³/mol. The summed E-state index contributed by atoms with van der Waals surface area (Å²) in [5.74, 6) is -1.03. The molecule has 29 heavy (non-hydrogen) atoms. The van der Waals surface area contributed by atoms with Crippen molar-refractivity contribution >= 4 is 35.1 Å². The molecule has 0 aromatic heterocycles. The van der Waals surface area contributed by atoms with Gasteiger partial charge in [-0.05, 0) is 55.5 Å². The van der Waals surface area contributed by atoms with Gasteiger partial charge in [-0.25, -0.2) is 9.59 Å². The van der Waals surface area contributed by atoms with Gasteiger partial charge in [0, 0.05) is 23.1 Å². The fourth-order valence-electron chi connectivity index (χ4n) is 2.86. The number of halogens is 2. The average molecular weight is 439 g/mol. The molecule has 6 nitrogen and oxygen atoms in total. The van der Waals surface area contributed by atoms with Gasteiger partial charge in [0.1, 0.15) is 18.8 Å². The highest BCUT2D eigenvalue weighted by Crippen LogP contribution is 2.26. The number of hydrogen-bond acceptors (Lipinski definition) is 6. The molecule has 1 heterocycles. The van der Waals surface area contributed by atoms with Crippen LogP contribution >= 0.6 is 23.2 Å². The summed E-state index contributed by atoms with van der Waals surface area (Å²) in [6.07, 6.45) is -1.45. The van der Waals surface area contributed by atoms with Crippen molar-refractivity contribution in [3.63, 3.8) is 0 Å². The van der Waals surface area contributed by atoms with Crippen LogP contribution in [-0.4, -0.2) is 43.7 Å². The van der Waals surface area contributed by atoms with Crippen LogP contribution in [0.1, 0.15) is 34.1 Å². The first-order valence-electron chi connectivity index (χ1n) is 9.12. The van der Waals surface area contributed by atoms with Crippen molar-refractivity contribution in [1.29, 1.82) is 0 Å². The van der Waals surface area contributed by atoms with Crippen LogP contribution in [0.5, 0.6) is 0 Å². The Hall–Kier alpha value is -2.12. The maximum absolute atomic E-state index is 12.4. The van der Waals surface area contributed by atoms with E-state index in [1.54, 1.807) is 48.5 Å². The molecule has 2 aromatic rings. The molecular formula is C21H20Cl2O6. The molecule has 154 valence electrons. The van der Waals surface area contributed by atoms with Crippen LogP contribution in [0, 0.1) is 0 Å². The van der Waals surface area contributed by atoms with E-state index in [1.165, 1.54) is 0 Å². The van der Waals surface area contributed by atoms with Gasteiger partial charge in [0.25, 0.3) is 0 Å². The zero-order valence-corrected chi connectivity index (χ0v) is 17.2. The third-order valence-electron chi connectivity index (χ3n) is 4.32. The monoisotopic (exact) mass is 438 g/mol. The van der Waals surface area contributed by atoms with Crippen LogP contribution in [0.25, 0.3) is 0 Å². The molecule has 3 atom stereocenters. The summed E-state index contributed by atoms with van der Waals surface area (Å²) in [4.78, 5) is 24.7. The summed E-state index contributed by atoms with van der Waals surface area (Å²) in [6, 6.07) is 12.7. The second-order valence-electron chi connectivity index (χ2n) is 6.35. The Morgan fingerprint density at radius 1 is 0.966 bits per heavy atom. The van der Waals surface area contributed by atoms with Crippen molar-refractivity contribution < 1.29 is 28.5 Å². The smallest absolute Gasteiger partial charge is 0.338 e. The van der Waals surface area contributed by atoms with Crippen LogP contribution < -0.4 is 0 Å². The molecule has 0 spiro atoms. The molecule has 1 fully saturated rings. The van der Waals surface area contributed by atoms with Crippen LogP contribution in [-0.2, 0) is 18.9 Å². The van der Waals surface area contributed by atoms with E-state index in [2.05, 4.69) is 0 Å². The average Bonchev–Trinajstić information content (AvgIpc) is 3.08. The molecule has 0 amide bonds. The lowest BCUT2D eigenvalue weighted by Gasteiger charge is -2.19. The standard InChI is InChI=1S/C21H20Cl2O6/c1-2-26-19-11-17(29-21(25)14-5-9-16(23)10-6-14)18(28-19)12-27-20(24)13-3-7-15(22)8-4-13/h3-10,17-19H,2,11-12H2,1H3/t17-,18+,19+/m0/s1. The molecule has 1 saturated heterocycles. The summed E-state index contributed by atoms with van der Waals surface area (Å²) in [5, 5.41) is 1.04. The maximum atomic E-state index is 12.4. The molecule has 3 rings (SSSR count). The molecule has 0 radical (unpaired) electrons. The number of hydrogen-bond donors (Lipinski definition) is 0. The van der Waals surface area contributed by atoms with Crippen molar-refractivity contribution in [2.45, 2.75) is 31.8 Å². The molecule has 0 aliphatic carbocycles.